The van der Waals surface area contributed by atoms with Gasteiger partial charge < -0.3 is 8.83 Å². The summed E-state index contributed by atoms with van der Waals surface area (Å²) in [5.41, 5.74) is 10.1. The molecule has 1 aliphatic carbocycles. The highest BCUT2D eigenvalue weighted by molar-refractivity contribution is 5.96. The summed E-state index contributed by atoms with van der Waals surface area (Å²) >= 11 is 0. The van der Waals surface area contributed by atoms with Crippen LogP contribution in [0.1, 0.15) is 22.3 Å². The topological polar surface area (TPSA) is 77.8 Å². The minimum absolute atomic E-state index is 0.475. The highest BCUT2D eigenvalue weighted by Crippen LogP contribution is 2.56. The first-order valence-corrected chi connectivity index (χ1v) is 18.3. The van der Waals surface area contributed by atoms with Crippen LogP contribution < -0.4 is 0 Å². The average molecular weight is 707 g/mol. The molecule has 0 fully saturated rings. The Hall–Kier alpha value is -7.44. The number of aromatic nitrogens is 4. The van der Waals surface area contributed by atoms with Gasteiger partial charge in [-0.05, 0) is 91.3 Å². The van der Waals surface area contributed by atoms with Crippen molar-refractivity contribution >= 4 is 21.5 Å². The lowest BCUT2D eigenvalue weighted by Gasteiger charge is -2.34. The van der Waals surface area contributed by atoms with Crippen molar-refractivity contribution in [3.8, 4) is 56.9 Å². The Labute approximate surface area is 316 Å². The zero-order valence-corrected chi connectivity index (χ0v) is 29.4. The standard InChI is InChI=1S/C49H30N4O2/c1-3-15-37-31(11-1)13-9-19-41(37)47-52-50-45(54-47)33-23-27-35(28-24-33)49(43-21-7-5-17-39(43)40-18-6-8-22-44(40)49)36-29-25-34(26-30-36)46-51-53-48(55-46)42-20-10-14-32-12-2-4-16-38(32)42/h1-30H. The molecule has 0 aliphatic heterocycles. The number of nitrogens with zero attached hydrogens (tertiary/aromatic N) is 4. The van der Waals surface area contributed by atoms with Crippen molar-refractivity contribution in [2.24, 2.45) is 0 Å². The second kappa shape index (κ2) is 12.3. The summed E-state index contributed by atoms with van der Waals surface area (Å²) in [6.07, 6.45) is 0. The van der Waals surface area contributed by atoms with E-state index in [-0.39, 0.29) is 0 Å². The molecule has 6 heteroatoms. The van der Waals surface area contributed by atoms with Gasteiger partial charge in [0.1, 0.15) is 0 Å². The van der Waals surface area contributed by atoms with Gasteiger partial charge in [0.05, 0.1) is 5.41 Å². The summed E-state index contributed by atoms with van der Waals surface area (Å²) in [4.78, 5) is 0. The summed E-state index contributed by atoms with van der Waals surface area (Å²) in [5.74, 6) is 1.94. The van der Waals surface area contributed by atoms with E-state index in [1.165, 1.54) is 22.3 Å². The fraction of sp³-hybridized carbons (Fsp3) is 0.0204. The van der Waals surface area contributed by atoms with Crippen molar-refractivity contribution in [2.75, 3.05) is 0 Å². The third-order valence-corrected chi connectivity index (χ3v) is 11.0. The third-order valence-electron chi connectivity index (χ3n) is 11.0. The van der Waals surface area contributed by atoms with E-state index in [4.69, 9.17) is 8.83 Å². The first-order chi connectivity index (χ1) is 27.3. The van der Waals surface area contributed by atoms with Crippen molar-refractivity contribution in [3.63, 3.8) is 0 Å². The molecule has 0 spiro atoms. The van der Waals surface area contributed by atoms with E-state index < -0.39 is 5.41 Å². The Morgan fingerprint density at radius 3 is 1.15 bits per heavy atom. The van der Waals surface area contributed by atoms with Gasteiger partial charge in [-0.15, -0.1) is 20.4 Å². The van der Waals surface area contributed by atoms with Gasteiger partial charge in [-0.1, -0.05) is 146 Å². The van der Waals surface area contributed by atoms with Gasteiger partial charge in [-0.25, -0.2) is 0 Å². The van der Waals surface area contributed by atoms with Gasteiger partial charge in [-0.3, -0.25) is 0 Å². The average Bonchev–Trinajstić information content (AvgIpc) is 4.02. The van der Waals surface area contributed by atoms with Gasteiger partial charge in [-0.2, -0.15) is 0 Å². The molecule has 0 saturated heterocycles. The van der Waals surface area contributed by atoms with E-state index in [2.05, 4.69) is 154 Å². The second-order valence-electron chi connectivity index (χ2n) is 13.9. The van der Waals surface area contributed by atoms with E-state index in [0.717, 1.165) is 54.9 Å². The molecule has 6 nitrogen and oxygen atoms in total. The number of hydrogen-bond donors (Lipinski definition) is 0. The van der Waals surface area contributed by atoms with Crippen LogP contribution in [0.3, 0.4) is 0 Å². The lowest BCUT2D eigenvalue weighted by molar-refractivity contribution is 0.585. The van der Waals surface area contributed by atoms with E-state index in [9.17, 15) is 0 Å². The Morgan fingerprint density at radius 2 is 0.673 bits per heavy atom. The molecule has 2 heterocycles. The van der Waals surface area contributed by atoms with Crippen molar-refractivity contribution in [3.05, 3.63) is 204 Å². The molecule has 11 rings (SSSR count). The lowest BCUT2D eigenvalue weighted by Crippen LogP contribution is -2.28. The molecule has 0 amide bonds. The largest absolute Gasteiger partial charge is 0.416 e. The second-order valence-corrected chi connectivity index (χ2v) is 13.9. The molecular weight excluding hydrogens is 677 g/mol. The van der Waals surface area contributed by atoms with E-state index in [0.29, 0.717) is 23.6 Å². The molecule has 0 unspecified atom stereocenters. The van der Waals surface area contributed by atoms with Crippen LogP contribution in [0.4, 0.5) is 0 Å². The van der Waals surface area contributed by atoms with Gasteiger partial charge in [0.25, 0.3) is 0 Å². The van der Waals surface area contributed by atoms with Crippen LogP contribution in [0.5, 0.6) is 0 Å². The normalized spacial score (nSPS) is 12.9. The minimum Gasteiger partial charge on any atom is -0.416 e. The highest BCUT2D eigenvalue weighted by Gasteiger charge is 2.46. The summed E-state index contributed by atoms with van der Waals surface area (Å²) < 4.78 is 12.6. The fourth-order valence-electron chi connectivity index (χ4n) is 8.47. The molecular formula is C49H30N4O2. The van der Waals surface area contributed by atoms with Crippen molar-refractivity contribution < 1.29 is 8.83 Å². The third kappa shape index (κ3) is 4.82. The van der Waals surface area contributed by atoms with E-state index >= 15 is 0 Å². The molecule has 8 aromatic carbocycles. The predicted octanol–water partition coefficient (Wildman–Crippen LogP) is 11.8. The molecule has 0 saturated carbocycles. The monoisotopic (exact) mass is 706 g/mol. The number of fused-ring (bicyclic) bond motifs is 5. The zero-order valence-electron chi connectivity index (χ0n) is 29.4. The maximum atomic E-state index is 6.32. The van der Waals surface area contributed by atoms with Crippen molar-refractivity contribution in [2.45, 2.75) is 5.41 Å². The highest BCUT2D eigenvalue weighted by atomic mass is 16.4. The van der Waals surface area contributed by atoms with Crippen LogP contribution in [0, 0.1) is 0 Å². The Morgan fingerprint density at radius 1 is 0.309 bits per heavy atom. The number of rotatable bonds is 6. The molecule has 0 N–H and O–H groups in total. The van der Waals surface area contributed by atoms with E-state index in [1.54, 1.807) is 0 Å². The van der Waals surface area contributed by atoms with Gasteiger partial charge >= 0.3 is 0 Å². The van der Waals surface area contributed by atoms with Crippen LogP contribution in [-0.4, -0.2) is 20.4 Å². The lowest BCUT2D eigenvalue weighted by atomic mass is 9.67. The molecule has 1 aliphatic rings. The van der Waals surface area contributed by atoms with Crippen LogP contribution >= 0.6 is 0 Å². The number of hydrogen-bond acceptors (Lipinski definition) is 6. The smallest absolute Gasteiger partial charge is 0.248 e. The van der Waals surface area contributed by atoms with E-state index in [1.807, 2.05) is 48.5 Å². The summed E-state index contributed by atoms with van der Waals surface area (Å²) in [5, 5.41) is 22.3. The summed E-state index contributed by atoms with van der Waals surface area (Å²) in [6, 6.07) is 63.3. The summed E-state index contributed by atoms with van der Waals surface area (Å²) in [6.45, 7) is 0. The molecule has 10 aromatic rings. The van der Waals surface area contributed by atoms with Crippen LogP contribution in [0.15, 0.2) is 191 Å². The Balaban J connectivity index is 0.999. The van der Waals surface area contributed by atoms with Crippen molar-refractivity contribution in [1.29, 1.82) is 0 Å². The minimum atomic E-state index is -0.587. The zero-order chi connectivity index (χ0) is 36.3. The Bertz CT molecular complexity index is 2830. The molecule has 258 valence electrons. The van der Waals surface area contributed by atoms with Crippen molar-refractivity contribution in [1.82, 2.24) is 20.4 Å². The number of benzene rings is 8. The van der Waals surface area contributed by atoms with Gasteiger partial charge in [0.15, 0.2) is 0 Å². The van der Waals surface area contributed by atoms with Gasteiger partial charge in [0, 0.05) is 22.3 Å². The van der Waals surface area contributed by atoms with Crippen LogP contribution in [0.25, 0.3) is 78.5 Å². The molecule has 0 atom stereocenters. The molecule has 2 aromatic heterocycles. The maximum absolute atomic E-state index is 6.32. The fourth-order valence-corrected chi connectivity index (χ4v) is 8.47. The molecule has 0 bridgehead atoms. The quantitative estimate of drug-likeness (QED) is 0.171. The first kappa shape index (κ1) is 31.1. The Kier molecular flexibility index (Phi) is 6.97. The van der Waals surface area contributed by atoms with Gasteiger partial charge in [0.2, 0.25) is 23.6 Å². The molecule has 55 heavy (non-hydrogen) atoms. The molecule has 0 radical (unpaired) electrons. The maximum Gasteiger partial charge on any atom is 0.248 e. The van der Waals surface area contributed by atoms with Crippen LogP contribution in [0.2, 0.25) is 0 Å². The summed E-state index contributed by atoms with van der Waals surface area (Å²) in [7, 11) is 0. The first-order valence-electron chi connectivity index (χ1n) is 18.3. The predicted molar refractivity (Wildman–Crippen MR) is 216 cm³/mol. The SMILES string of the molecule is c1ccc2c(c1)-c1ccccc1C2(c1ccc(-c2nnc(-c3cccc4ccccc34)o2)cc1)c1ccc(-c2nnc(-c3cccc4ccccc34)o2)cc1. The van der Waals surface area contributed by atoms with Crippen LogP contribution in [-0.2, 0) is 5.41 Å².